The van der Waals surface area contributed by atoms with Crippen molar-refractivity contribution in [2.45, 2.75) is 52.2 Å². The van der Waals surface area contributed by atoms with Gasteiger partial charge >= 0.3 is 0 Å². The van der Waals surface area contributed by atoms with Gasteiger partial charge in [-0.1, -0.05) is 6.92 Å². The number of rotatable bonds is 7. The topological polar surface area (TPSA) is 28.2 Å². The van der Waals surface area contributed by atoms with Crippen LogP contribution < -0.4 is 10.2 Å². The van der Waals surface area contributed by atoms with Crippen molar-refractivity contribution < 1.29 is 4.39 Å². The van der Waals surface area contributed by atoms with Crippen LogP contribution in [0.5, 0.6) is 0 Å². The van der Waals surface area contributed by atoms with E-state index in [1.54, 1.807) is 24.0 Å². The minimum Gasteiger partial charge on any atom is -0.353 e. The van der Waals surface area contributed by atoms with E-state index < -0.39 is 0 Å². The van der Waals surface area contributed by atoms with Crippen molar-refractivity contribution in [3.05, 3.63) is 23.6 Å². The van der Waals surface area contributed by atoms with Gasteiger partial charge in [-0.3, -0.25) is 0 Å². The van der Waals surface area contributed by atoms with Gasteiger partial charge in [-0.15, -0.1) is 0 Å². The fraction of sp³-hybridized carbons (Fsp3) is 0.688. The molecule has 0 radical (unpaired) electrons. The Kier molecular flexibility index (Phi) is 6.94. The molecule has 1 aromatic heterocycles. The van der Waals surface area contributed by atoms with Crippen LogP contribution >= 0.6 is 11.8 Å². The summed E-state index contributed by atoms with van der Waals surface area (Å²) in [4.78, 5) is 6.21. The van der Waals surface area contributed by atoms with Crippen LogP contribution in [0.1, 0.15) is 39.7 Å². The number of hydrogen-bond donors (Lipinski definition) is 1. The van der Waals surface area contributed by atoms with Gasteiger partial charge in [0, 0.05) is 42.7 Å². The summed E-state index contributed by atoms with van der Waals surface area (Å²) >= 11 is 1.78. The lowest BCUT2D eigenvalue weighted by Gasteiger charge is -2.29. The van der Waals surface area contributed by atoms with Gasteiger partial charge in [-0.2, -0.15) is 11.8 Å². The molecule has 3 nitrogen and oxygen atoms in total. The molecule has 0 aliphatic heterocycles. The number of nitrogens with zero attached hydrogens (tertiary/aromatic N) is 2. The quantitative estimate of drug-likeness (QED) is 0.831. The lowest BCUT2D eigenvalue weighted by molar-refractivity contribution is 0.418. The second-order valence-corrected chi connectivity index (χ2v) is 7.25. The van der Waals surface area contributed by atoms with E-state index in [0.717, 1.165) is 12.2 Å². The zero-order valence-electron chi connectivity index (χ0n) is 14.0. The van der Waals surface area contributed by atoms with Gasteiger partial charge < -0.3 is 10.2 Å². The number of hydrogen-bond acceptors (Lipinski definition) is 4. The molecular formula is C16H28FN3S. The van der Waals surface area contributed by atoms with Crippen LogP contribution in [0.4, 0.5) is 10.2 Å². The van der Waals surface area contributed by atoms with Gasteiger partial charge in [0.25, 0.3) is 0 Å². The minimum absolute atomic E-state index is 0.0351. The van der Waals surface area contributed by atoms with Gasteiger partial charge in [0.15, 0.2) is 11.6 Å². The van der Waals surface area contributed by atoms with E-state index in [1.165, 1.54) is 0 Å². The molecule has 5 heteroatoms. The van der Waals surface area contributed by atoms with Crippen molar-refractivity contribution in [1.29, 1.82) is 0 Å². The molecule has 1 rings (SSSR count). The van der Waals surface area contributed by atoms with Crippen molar-refractivity contribution >= 4 is 17.6 Å². The van der Waals surface area contributed by atoms with Crippen molar-refractivity contribution in [2.75, 3.05) is 24.0 Å². The molecule has 1 N–H and O–H groups in total. The Hall–Kier alpha value is -0.810. The van der Waals surface area contributed by atoms with Crippen LogP contribution in [0.15, 0.2) is 12.3 Å². The molecule has 120 valence electrons. The molecule has 0 aliphatic carbocycles. The molecule has 21 heavy (non-hydrogen) atoms. The summed E-state index contributed by atoms with van der Waals surface area (Å²) in [6.07, 6.45) is 4.74. The molecule has 1 heterocycles. The Bertz CT molecular complexity index is 446. The smallest absolute Gasteiger partial charge is 0.170 e. The third-order valence-corrected chi connectivity index (χ3v) is 4.19. The summed E-state index contributed by atoms with van der Waals surface area (Å²) in [7, 11) is 1.93. The van der Waals surface area contributed by atoms with Gasteiger partial charge in [0.1, 0.15) is 0 Å². The maximum atomic E-state index is 14.7. The summed E-state index contributed by atoms with van der Waals surface area (Å²) in [6, 6.07) is 2.05. The summed E-state index contributed by atoms with van der Waals surface area (Å²) in [5, 5.41) is 3.32. The molecule has 1 unspecified atom stereocenters. The van der Waals surface area contributed by atoms with Gasteiger partial charge in [0.2, 0.25) is 0 Å². The van der Waals surface area contributed by atoms with Gasteiger partial charge in [0.05, 0.1) is 0 Å². The first-order valence-electron chi connectivity index (χ1n) is 7.40. The highest BCUT2D eigenvalue weighted by Gasteiger charge is 2.20. The molecular weight excluding hydrogens is 285 g/mol. The van der Waals surface area contributed by atoms with Crippen molar-refractivity contribution in [3.63, 3.8) is 0 Å². The zero-order valence-corrected chi connectivity index (χ0v) is 14.9. The molecule has 0 aliphatic rings. The first-order chi connectivity index (χ1) is 9.80. The van der Waals surface area contributed by atoms with E-state index in [-0.39, 0.29) is 11.4 Å². The molecule has 1 aromatic rings. The highest BCUT2D eigenvalue weighted by atomic mass is 32.2. The number of thioether (sulfide) groups is 1. The van der Waals surface area contributed by atoms with E-state index in [4.69, 9.17) is 0 Å². The Morgan fingerprint density at radius 3 is 2.62 bits per heavy atom. The average molecular weight is 313 g/mol. The van der Waals surface area contributed by atoms with Crippen molar-refractivity contribution in [3.8, 4) is 0 Å². The lowest BCUT2D eigenvalue weighted by Crippen LogP contribution is -2.36. The van der Waals surface area contributed by atoms with E-state index >= 15 is 0 Å². The molecule has 1 atom stereocenters. The zero-order chi connectivity index (χ0) is 16.0. The molecule has 0 amide bonds. The number of anilines is 1. The maximum Gasteiger partial charge on any atom is 0.170 e. The molecule has 0 spiro atoms. The second-order valence-electron chi connectivity index (χ2n) is 6.34. The lowest BCUT2D eigenvalue weighted by atomic mass is 10.1. The summed E-state index contributed by atoms with van der Waals surface area (Å²) in [5.41, 5.74) is 0.632. The number of halogens is 1. The number of pyridine rings is 1. The predicted molar refractivity (Wildman–Crippen MR) is 91.7 cm³/mol. The molecule has 0 fully saturated rings. The van der Waals surface area contributed by atoms with E-state index in [0.29, 0.717) is 24.0 Å². The second kappa shape index (κ2) is 7.99. The van der Waals surface area contributed by atoms with Crippen molar-refractivity contribution in [1.82, 2.24) is 10.3 Å². The van der Waals surface area contributed by atoms with E-state index in [9.17, 15) is 4.39 Å². The Labute approximate surface area is 132 Å². The first kappa shape index (κ1) is 18.2. The summed E-state index contributed by atoms with van der Waals surface area (Å²) in [6.45, 7) is 8.86. The SMILES string of the molecule is CCC(CSC)N(C)c1nccc(CNC(C)(C)C)c1F. The minimum atomic E-state index is -0.212. The van der Waals surface area contributed by atoms with Crippen LogP contribution in [0.25, 0.3) is 0 Å². The fourth-order valence-electron chi connectivity index (χ4n) is 2.08. The Morgan fingerprint density at radius 1 is 1.43 bits per heavy atom. The fourth-order valence-corrected chi connectivity index (χ4v) is 2.93. The Balaban J connectivity index is 2.93. The van der Waals surface area contributed by atoms with Crippen LogP contribution in [-0.2, 0) is 6.54 Å². The van der Waals surface area contributed by atoms with Crippen LogP contribution in [-0.4, -0.2) is 35.6 Å². The van der Waals surface area contributed by atoms with E-state index in [1.807, 2.05) is 11.9 Å². The summed E-state index contributed by atoms with van der Waals surface area (Å²) < 4.78 is 14.7. The van der Waals surface area contributed by atoms with Gasteiger partial charge in [-0.25, -0.2) is 9.37 Å². The normalized spacial score (nSPS) is 13.3. The highest BCUT2D eigenvalue weighted by molar-refractivity contribution is 7.98. The summed E-state index contributed by atoms with van der Waals surface area (Å²) in [5.74, 6) is 1.21. The Morgan fingerprint density at radius 2 is 2.10 bits per heavy atom. The van der Waals surface area contributed by atoms with Crippen LogP contribution in [0.2, 0.25) is 0 Å². The van der Waals surface area contributed by atoms with E-state index in [2.05, 4.69) is 44.3 Å². The number of nitrogens with one attached hydrogen (secondary N) is 1. The molecule has 0 aromatic carbocycles. The third-order valence-electron chi connectivity index (χ3n) is 3.47. The molecule has 0 saturated carbocycles. The third kappa shape index (κ3) is 5.47. The predicted octanol–water partition coefficient (Wildman–Crippen LogP) is 3.69. The van der Waals surface area contributed by atoms with Crippen molar-refractivity contribution in [2.24, 2.45) is 0 Å². The van der Waals surface area contributed by atoms with Crippen LogP contribution in [0, 0.1) is 5.82 Å². The largest absolute Gasteiger partial charge is 0.353 e. The monoisotopic (exact) mass is 313 g/mol. The van der Waals surface area contributed by atoms with Gasteiger partial charge in [-0.05, 0) is 39.5 Å². The average Bonchev–Trinajstić information content (AvgIpc) is 2.42. The van der Waals surface area contributed by atoms with Crippen LogP contribution in [0.3, 0.4) is 0 Å². The standard InChI is InChI=1S/C16H28FN3S/c1-7-13(11-21-6)20(5)15-14(17)12(8-9-18-15)10-19-16(2,3)4/h8-9,13,19H,7,10-11H2,1-6H3. The number of aromatic nitrogens is 1. The first-order valence-corrected chi connectivity index (χ1v) is 8.79. The maximum absolute atomic E-state index is 14.7. The molecule has 0 saturated heterocycles. The molecule has 0 bridgehead atoms. The highest BCUT2D eigenvalue weighted by Crippen LogP contribution is 2.22.